The predicted molar refractivity (Wildman–Crippen MR) is 66.4 cm³/mol. The molecular weight excluding hydrogens is 318 g/mol. The summed E-state index contributed by atoms with van der Waals surface area (Å²) in [7, 11) is -7.35. The van der Waals surface area contributed by atoms with E-state index < -0.39 is 42.6 Å². The van der Waals surface area contributed by atoms with Gasteiger partial charge >= 0.3 is 0 Å². The third kappa shape index (κ3) is 3.87. The molecule has 0 aliphatic rings. The topological polar surface area (TPSA) is 86.7 Å². The van der Waals surface area contributed by atoms with Crippen LogP contribution in [0, 0.1) is 11.6 Å². The van der Waals surface area contributed by atoms with Crippen molar-refractivity contribution in [3.8, 4) is 5.75 Å². The first-order valence-electron chi connectivity index (χ1n) is 5.06. The first kappa shape index (κ1) is 16.8. The molecule has 6 nitrogen and oxygen atoms in total. The monoisotopic (exact) mass is 330 g/mol. The van der Waals surface area contributed by atoms with Crippen LogP contribution in [0.4, 0.5) is 8.78 Å². The van der Waals surface area contributed by atoms with Gasteiger partial charge in [0.2, 0.25) is 5.44 Å². The molecule has 1 atom stereocenters. The van der Waals surface area contributed by atoms with E-state index in [9.17, 15) is 25.6 Å². The maximum atomic E-state index is 13.8. The van der Waals surface area contributed by atoms with Crippen molar-refractivity contribution >= 4 is 20.0 Å². The summed E-state index contributed by atoms with van der Waals surface area (Å²) in [6.07, 6.45) is 1.22. The van der Waals surface area contributed by atoms with Gasteiger partial charge in [0, 0.05) is 6.26 Å². The van der Waals surface area contributed by atoms with E-state index in [2.05, 4.69) is 4.18 Å². The molecule has 1 aromatic rings. The normalized spacial score (nSPS) is 14.1. The van der Waals surface area contributed by atoms with Crippen molar-refractivity contribution in [3.63, 3.8) is 0 Å². The molecule has 1 aromatic carbocycles. The highest BCUT2D eigenvalue weighted by Crippen LogP contribution is 2.35. The fraction of sp³-hybridized carbons (Fsp3) is 0.400. The first-order valence-corrected chi connectivity index (χ1v) is 8.83. The second-order valence-corrected chi connectivity index (χ2v) is 7.63. The molecule has 10 heteroatoms. The summed E-state index contributed by atoms with van der Waals surface area (Å²) >= 11 is 0. The SMILES string of the molecule is COc1ccc(F)c(F)c1C(OS(C)(=O)=O)S(C)(=O)=O. The number of halogens is 2. The Bertz CT molecular complexity index is 712. The van der Waals surface area contributed by atoms with E-state index in [1.54, 1.807) is 0 Å². The molecule has 114 valence electrons. The van der Waals surface area contributed by atoms with Crippen LogP contribution in [0.3, 0.4) is 0 Å². The number of sulfone groups is 1. The zero-order valence-corrected chi connectivity index (χ0v) is 12.4. The van der Waals surface area contributed by atoms with Gasteiger partial charge in [0.15, 0.2) is 21.5 Å². The quantitative estimate of drug-likeness (QED) is 0.749. The minimum Gasteiger partial charge on any atom is -0.496 e. The van der Waals surface area contributed by atoms with Crippen molar-refractivity contribution in [2.45, 2.75) is 5.44 Å². The highest BCUT2D eigenvalue weighted by molar-refractivity contribution is 7.92. The van der Waals surface area contributed by atoms with E-state index >= 15 is 0 Å². The molecule has 0 aromatic heterocycles. The minimum atomic E-state index is -4.23. The van der Waals surface area contributed by atoms with Crippen LogP contribution in [-0.4, -0.2) is 36.5 Å². The van der Waals surface area contributed by atoms with Crippen LogP contribution in [0.1, 0.15) is 11.0 Å². The van der Waals surface area contributed by atoms with Crippen LogP contribution in [-0.2, 0) is 24.1 Å². The van der Waals surface area contributed by atoms with Gasteiger partial charge in [0.25, 0.3) is 10.1 Å². The maximum absolute atomic E-state index is 13.8. The van der Waals surface area contributed by atoms with Crippen molar-refractivity contribution < 1.29 is 34.5 Å². The molecule has 0 radical (unpaired) electrons. The lowest BCUT2D eigenvalue weighted by molar-refractivity contribution is 0.270. The van der Waals surface area contributed by atoms with Crippen LogP contribution >= 0.6 is 0 Å². The lowest BCUT2D eigenvalue weighted by Crippen LogP contribution is -2.21. The molecule has 0 amide bonds. The Balaban J connectivity index is 3.62. The average Bonchev–Trinajstić information content (AvgIpc) is 2.27. The Hall–Kier alpha value is -1.26. The Kier molecular flexibility index (Phi) is 4.72. The largest absolute Gasteiger partial charge is 0.496 e. The Morgan fingerprint density at radius 2 is 1.65 bits per heavy atom. The zero-order valence-electron chi connectivity index (χ0n) is 10.8. The lowest BCUT2D eigenvalue weighted by Gasteiger charge is -2.18. The van der Waals surface area contributed by atoms with Gasteiger partial charge in [-0.2, -0.15) is 8.42 Å². The van der Waals surface area contributed by atoms with Gasteiger partial charge in [-0.15, -0.1) is 0 Å². The number of hydrogen-bond donors (Lipinski definition) is 0. The fourth-order valence-electron chi connectivity index (χ4n) is 1.44. The smallest absolute Gasteiger partial charge is 0.265 e. The highest BCUT2D eigenvalue weighted by Gasteiger charge is 2.34. The van der Waals surface area contributed by atoms with E-state index in [1.807, 2.05) is 0 Å². The second kappa shape index (κ2) is 5.62. The van der Waals surface area contributed by atoms with Crippen LogP contribution in [0.25, 0.3) is 0 Å². The van der Waals surface area contributed by atoms with Gasteiger partial charge in [0.1, 0.15) is 5.75 Å². The van der Waals surface area contributed by atoms with Crippen LogP contribution < -0.4 is 4.74 Å². The number of ether oxygens (including phenoxy) is 1. The van der Waals surface area contributed by atoms with Crippen LogP contribution in [0.15, 0.2) is 12.1 Å². The van der Waals surface area contributed by atoms with E-state index in [-0.39, 0.29) is 5.75 Å². The van der Waals surface area contributed by atoms with E-state index in [0.717, 1.165) is 19.2 Å². The summed E-state index contributed by atoms with van der Waals surface area (Å²) in [5.74, 6) is -3.25. The molecule has 0 heterocycles. The molecule has 0 saturated carbocycles. The van der Waals surface area contributed by atoms with Gasteiger partial charge in [-0.1, -0.05) is 0 Å². The Morgan fingerprint density at radius 1 is 1.10 bits per heavy atom. The van der Waals surface area contributed by atoms with Gasteiger partial charge in [-0.25, -0.2) is 21.4 Å². The molecule has 1 unspecified atom stereocenters. The van der Waals surface area contributed by atoms with Gasteiger partial charge in [0.05, 0.1) is 18.9 Å². The molecule has 0 aliphatic carbocycles. The van der Waals surface area contributed by atoms with Gasteiger partial charge in [-0.3, -0.25) is 0 Å². The summed E-state index contributed by atoms with van der Waals surface area (Å²) < 4.78 is 81.6. The second-order valence-electron chi connectivity index (χ2n) is 3.94. The molecule has 1 rings (SSSR count). The summed E-state index contributed by atoms with van der Waals surface area (Å²) in [4.78, 5) is 0. The van der Waals surface area contributed by atoms with Crippen molar-refractivity contribution in [1.82, 2.24) is 0 Å². The minimum absolute atomic E-state index is 0.344. The number of hydrogen-bond acceptors (Lipinski definition) is 6. The van der Waals surface area contributed by atoms with Crippen molar-refractivity contribution in [2.24, 2.45) is 0 Å². The van der Waals surface area contributed by atoms with Gasteiger partial charge < -0.3 is 4.74 Å². The molecular formula is C10H12F2O6S2. The summed E-state index contributed by atoms with van der Waals surface area (Å²) in [6.45, 7) is 0. The molecule has 0 saturated heterocycles. The van der Waals surface area contributed by atoms with Gasteiger partial charge in [-0.05, 0) is 12.1 Å². The lowest BCUT2D eigenvalue weighted by atomic mass is 10.2. The summed E-state index contributed by atoms with van der Waals surface area (Å²) in [5.41, 5.74) is -3.07. The summed E-state index contributed by atoms with van der Waals surface area (Å²) in [6, 6.07) is 1.69. The molecule has 0 spiro atoms. The maximum Gasteiger partial charge on any atom is 0.265 e. The Labute approximate surface area is 115 Å². The summed E-state index contributed by atoms with van der Waals surface area (Å²) in [5, 5.41) is 0. The van der Waals surface area contributed by atoms with Crippen molar-refractivity contribution in [1.29, 1.82) is 0 Å². The van der Waals surface area contributed by atoms with E-state index in [4.69, 9.17) is 4.74 Å². The Morgan fingerprint density at radius 3 is 2.05 bits per heavy atom. The fourth-order valence-corrected chi connectivity index (χ4v) is 3.50. The highest BCUT2D eigenvalue weighted by atomic mass is 32.2. The van der Waals surface area contributed by atoms with E-state index in [1.165, 1.54) is 0 Å². The van der Waals surface area contributed by atoms with Crippen LogP contribution in [0.5, 0.6) is 5.75 Å². The predicted octanol–water partition coefficient (Wildman–Crippen LogP) is 0.993. The number of methoxy groups -OCH3 is 1. The molecule has 0 aliphatic heterocycles. The van der Waals surface area contributed by atoms with Crippen molar-refractivity contribution in [3.05, 3.63) is 29.3 Å². The average molecular weight is 330 g/mol. The molecule has 20 heavy (non-hydrogen) atoms. The third-order valence-electron chi connectivity index (χ3n) is 2.20. The number of benzene rings is 1. The third-order valence-corrected chi connectivity index (χ3v) is 3.97. The first-order chi connectivity index (χ1) is 8.97. The molecule has 0 bridgehead atoms. The zero-order chi connectivity index (χ0) is 15.7. The standard InChI is InChI=1S/C10H12F2O6S2/c1-17-7-5-4-6(11)9(12)8(7)10(19(2,13)14)18-20(3,15)16/h4-5,10H,1-3H3. The van der Waals surface area contributed by atoms with Crippen LogP contribution in [0.2, 0.25) is 0 Å². The number of rotatable bonds is 5. The van der Waals surface area contributed by atoms with E-state index in [0.29, 0.717) is 12.5 Å². The molecule has 0 fully saturated rings. The molecule has 0 N–H and O–H groups in total. The van der Waals surface area contributed by atoms with Crippen molar-refractivity contribution in [2.75, 3.05) is 19.6 Å².